The molecule has 0 N–H and O–H groups in total. The van der Waals surface area contributed by atoms with E-state index in [0.29, 0.717) is 11.1 Å². The van der Waals surface area contributed by atoms with Crippen LogP contribution in [0.1, 0.15) is 21.7 Å². The van der Waals surface area contributed by atoms with Gasteiger partial charge in [-0.05, 0) is 42.5 Å². The van der Waals surface area contributed by atoms with Crippen molar-refractivity contribution in [2.24, 2.45) is 0 Å². The largest absolute Gasteiger partial charge is 0.416 e. The van der Waals surface area contributed by atoms with Crippen LogP contribution >= 0.6 is 0 Å². The molecule has 0 saturated heterocycles. The number of nitrogens with zero attached hydrogens (tertiary/aromatic N) is 2. The molecule has 120 valence electrons. The summed E-state index contributed by atoms with van der Waals surface area (Å²) < 4.78 is 38.3. The Morgan fingerprint density at radius 2 is 1.83 bits per heavy atom. The second kappa shape index (κ2) is 6.23. The summed E-state index contributed by atoms with van der Waals surface area (Å²) in [5, 5.41) is 0.594. The van der Waals surface area contributed by atoms with Crippen LogP contribution in [0, 0.1) is 0 Å². The average molecular weight is 328 g/mol. The van der Waals surface area contributed by atoms with E-state index in [0.717, 1.165) is 12.1 Å². The molecular formula is C18H11F3N2O. The summed E-state index contributed by atoms with van der Waals surface area (Å²) in [6.07, 6.45) is -0.161. The molecule has 6 heteroatoms. The fourth-order valence-corrected chi connectivity index (χ4v) is 2.16. The van der Waals surface area contributed by atoms with Crippen LogP contribution in [0.5, 0.6) is 0 Å². The Morgan fingerprint density at radius 1 is 1.04 bits per heavy atom. The van der Waals surface area contributed by atoms with Gasteiger partial charge in [-0.1, -0.05) is 18.2 Å². The van der Waals surface area contributed by atoms with Gasteiger partial charge in [0.15, 0.2) is 0 Å². The van der Waals surface area contributed by atoms with Crippen LogP contribution in [0.4, 0.5) is 13.2 Å². The molecular weight excluding hydrogens is 317 g/mol. The quantitative estimate of drug-likeness (QED) is 0.523. The van der Waals surface area contributed by atoms with Crippen molar-refractivity contribution in [3.63, 3.8) is 0 Å². The molecule has 24 heavy (non-hydrogen) atoms. The van der Waals surface area contributed by atoms with Crippen LogP contribution in [-0.4, -0.2) is 15.8 Å². The van der Waals surface area contributed by atoms with E-state index in [2.05, 4.69) is 9.97 Å². The smallest absolute Gasteiger partial charge is 0.288 e. The highest BCUT2D eigenvalue weighted by atomic mass is 19.4. The van der Waals surface area contributed by atoms with E-state index in [-0.39, 0.29) is 17.0 Å². The van der Waals surface area contributed by atoms with Gasteiger partial charge in [-0.25, -0.2) is 4.98 Å². The molecule has 3 nitrogen and oxygen atoms in total. The lowest BCUT2D eigenvalue weighted by atomic mass is 10.1. The molecule has 3 rings (SSSR count). The molecule has 0 saturated carbocycles. The zero-order chi connectivity index (χ0) is 17.2. The Labute approximate surface area is 135 Å². The van der Waals surface area contributed by atoms with Crippen LogP contribution in [0.25, 0.3) is 17.0 Å². The zero-order valence-corrected chi connectivity index (χ0v) is 12.3. The van der Waals surface area contributed by atoms with Crippen LogP contribution < -0.4 is 0 Å². The van der Waals surface area contributed by atoms with Gasteiger partial charge in [0, 0.05) is 11.6 Å². The van der Waals surface area contributed by atoms with Crippen molar-refractivity contribution in [3.8, 4) is 0 Å². The number of hydrogen-bond donors (Lipinski definition) is 0. The maximum atomic E-state index is 12.8. The molecule has 0 spiro atoms. The Balaban J connectivity index is 1.90. The average Bonchev–Trinajstić information content (AvgIpc) is 2.59. The summed E-state index contributed by atoms with van der Waals surface area (Å²) >= 11 is 0. The standard InChI is InChI=1S/C18H11F3N2O/c19-18(20,21)13-6-4-12-5-7-14(23-16(12)11-13)8-9-17(24)15-3-1-2-10-22-15/h1-11H/b9-8+. The molecule has 0 unspecified atom stereocenters. The summed E-state index contributed by atoms with van der Waals surface area (Å²) in [5.74, 6) is -0.304. The Hall–Kier alpha value is -3.02. The Kier molecular flexibility index (Phi) is 4.12. The minimum atomic E-state index is -4.42. The highest BCUT2D eigenvalue weighted by Gasteiger charge is 2.30. The molecule has 0 aliphatic heterocycles. The molecule has 0 bridgehead atoms. The number of alkyl halides is 3. The normalized spacial score (nSPS) is 12.0. The van der Waals surface area contributed by atoms with E-state index in [9.17, 15) is 18.0 Å². The number of ketones is 1. The number of rotatable bonds is 3. The summed E-state index contributed by atoms with van der Waals surface area (Å²) in [6, 6.07) is 11.7. The van der Waals surface area contributed by atoms with E-state index in [1.165, 1.54) is 24.4 Å². The monoisotopic (exact) mass is 328 g/mol. The van der Waals surface area contributed by atoms with Gasteiger partial charge >= 0.3 is 6.18 Å². The van der Waals surface area contributed by atoms with E-state index >= 15 is 0 Å². The fraction of sp³-hybridized carbons (Fsp3) is 0.0556. The molecule has 0 aliphatic carbocycles. The number of halogens is 3. The van der Waals surface area contributed by atoms with Gasteiger partial charge in [0.2, 0.25) is 5.78 Å². The van der Waals surface area contributed by atoms with Crippen LogP contribution in [0.2, 0.25) is 0 Å². The lowest BCUT2D eigenvalue weighted by Crippen LogP contribution is -2.04. The topological polar surface area (TPSA) is 42.9 Å². The fourth-order valence-electron chi connectivity index (χ4n) is 2.16. The lowest BCUT2D eigenvalue weighted by Gasteiger charge is -2.07. The summed E-state index contributed by atoms with van der Waals surface area (Å²) in [5.41, 5.74) is 0.144. The first-order valence-electron chi connectivity index (χ1n) is 7.05. The third kappa shape index (κ3) is 3.48. The van der Waals surface area contributed by atoms with E-state index < -0.39 is 11.7 Å². The number of fused-ring (bicyclic) bond motifs is 1. The molecule has 2 heterocycles. The Bertz CT molecular complexity index is 918. The number of aromatic nitrogens is 2. The van der Waals surface area contributed by atoms with Crippen molar-refractivity contribution >= 4 is 22.8 Å². The number of pyridine rings is 2. The maximum absolute atomic E-state index is 12.8. The van der Waals surface area contributed by atoms with E-state index in [4.69, 9.17) is 0 Å². The van der Waals surface area contributed by atoms with Gasteiger partial charge in [0.05, 0.1) is 16.8 Å². The van der Waals surface area contributed by atoms with Crippen molar-refractivity contribution in [1.82, 2.24) is 9.97 Å². The molecule has 0 aliphatic rings. The van der Waals surface area contributed by atoms with Gasteiger partial charge in [0.25, 0.3) is 0 Å². The van der Waals surface area contributed by atoms with Crippen molar-refractivity contribution < 1.29 is 18.0 Å². The molecule has 2 aromatic heterocycles. The number of hydrogen-bond acceptors (Lipinski definition) is 3. The highest BCUT2D eigenvalue weighted by Crippen LogP contribution is 2.31. The van der Waals surface area contributed by atoms with Gasteiger partial charge in [-0.2, -0.15) is 13.2 Å². The molecule has 0 radical (unpaired) electrons. The van der Waals surface area contributed by atoms with Crippen LogP contribution in [0.15, 0.2) is 60.8 Å². The first-order chi connectivity index (χ1) is 11.4. The van der Waals surface area contributed by atoms with Gasteiger partial charge in [-0.15, -0.1) is 0 Å². The first kappa shape index (κ1) is 15.9. The molecule has 1 aromatic carbocycles. The number of carbonyl (C=O) groups is 1. The number of allylic oxidation sites excluding steroid dienone is 1. The molecule has 0 fully saturated rings. The molecule has 0 atom stereocenters. The minimum Gasteiger partial charge on any atom is -0.288 e. The summed E-state index contributed by atoms with van der Waals surface area (Å²) in [7, 11) is 0. The lowest BCUT2D eigenvalue weighted by molar-refractivity contribution is -0.137. The summed E-state index contributed by atoms with van der Waals surface area (Å²) in [6.45, 7) is 0. The van der Waals surface area contributed by atoms with Crippen molar-refractivity contribution in [2.45, 2.75) is 6.18 Å². The van der Waals surface area contributed by atoms with Crippen LogP contribution in [-0.2, 0) is 6.18 Å². The number of benzene rings is 1. The second-order valence-electron chi connectivity index (χ2n) is 5.05. The summed E-state index contributed by atoms with van der Waals surface area (Å²) in [4.78, 5) is 20.0. The molecule has 3 aromatic rings. The van der Waals surface area contributed by atoms with Gasteiger partial charge < -0.3 is 0 Å². The zero-order valence-electron chi connectivity index (χ0n) is 12.3. The number of carbonyl (C=O) groups excluding carboxylic acids is 1. The van der Waals surface area contributed by atoms with Gasteiger partial charge in [-0.3, -0.25) is 9.78 Å². The van der Waals surface area contributed by atoms with E-state index in [1.54, 1.807) is 30.3 Å². The van der Waals surface area contributed by atoms with Crippen molar-refractivity contribution in [1.29, 1.82) is 0 Å². The SMILES string of the molecule is O=C(/C=C/c1ccc2ccc(C(F)(F)F)cc2n1)c1ccccn1. The van der Waals surface area contributed by atoms with Crippen molar-refractivity contribution in [2.75, 3.05) is 0 Å². The maximum Gasteiger partial charge on any atom is 0.416 e. The molecule has 0 amide bonds. The van der Waals surface area contributed by atoms with Crippen LogP contribution in [0.3, 0.4) is 0 Å². The van der Waals surface area contributed by atoms with E-state index in [1.807, 2.05) is 0 Å². The Morgan fingerprint density at radius 3 is 2.54 bits per heavy atom. The predicted octanol–water partition coefficient (Wildman–Crippen LogP) is 4.54. The first-order valence-corrected chi connectivity index (χ1v) is 7.05. The second-order valence-corrected chi connectivity index (χ2v) is 5.05. The van der Waals surface area contributed by atoms with Gasteiger partial charge in [0.1, 0.15) is 5.69 Å². The third-order valence-corrected chi connectivity index (χ3v) is 3.36. The minimum absolute atomic E-state index is 0.220. The third-order valence-electron chi connectivity index (χ3n) is 3.36. The predicted molar refractivity (Wildman–Crippen MR) is 84.3 cm³/mol. The highest BCUT2D eigenvalue weighted by molar-refractivity contribution is 6.05. The van der Waals surface area contributed by atoms with Crippen molar-refractivity contribution in [3.05, 3.63) is 77.8 Å².